The van der Waals surface area contributed by atoms with Gasteiger partial charge in [-0.3, -0.25) is 9.36 Å². The van der Waals surface area contributed by atoms with Crippen molar-refractivity contribution in [1.82, 2.24) is 10.3 Å². The third-order valence-electron chi connectivity index (χ3n) is 7.73. The average molecular weight is 595 g/mol. The van der Waals surface area contributed by atoms with Gasteiger partial charge in [-0.05, 0) is 46.7 Å². The van der Waals surface area contributed by atoms with Gasteiger partial charge in [0.15, 0.2) is 0 Å². The minimum atomic E-state index is -3.73. The first kappa shape index (κ1) is 30.0. The molecule has 0 saturated carbocycles. The molecule has 0 aliphatic carbocycles. The van der Waals surface area contributed by atoms with Crippen LogP contribution in [0.5, 0.6) is 0 Å². The van der Waals surface area contributed by atoms with E-state index in [1.54, 1.807) is 6.20 Å². The van der Waals surface area contributed by atoms with Gasteiger partial charge < -0.3 is 20.3 Å². The van der Waals surface area contributed by atoms with Crippen molar-refractivity contribution in [3.8, 4) is 11.1 Å². The molecule has 0 bridgehead atoms. The Balaban J connectivity index is 1.34. The third kappa shape index (κ3) is 8.10. The maximum atomic E-state index is 13.7. The number of aryl methyl sites for hydroxylation is 1. The Morgan fingerprint density at radius 1 is 0.767 bits per heavy atom. The fourth-order valence-corrected chi connectivity index (χ4v) is 7.16. The molecule has 5 aromatic rings. The monoisotopic (exact) mass is 594 g/mol. The molecule has 0 radical (unpaired) electrons. The molecule has 4 aromatic carbocycles. The topological polar surface area (TPSA) is 119 Å². The molecule has 3 unspecified atom stereocenters. The zero-order valence-corrected chi connectivity index (χ0v) is 24.6. The predicted molar refractivity (Wildman–Crippen MR) is 170 cm³/mol. The van der Waals surface area contributed by atoms with E-state index in [-0.39, 0.29) is 25.2 Å². The quantitative estimate of drug-likeness (QED) is 0.119. The summed E-state index contributed by atoms with van der Waals surface area (Å²) in [5.41, 5.74) is 5.50. The molecule has 1 aromatic heterocycles. The summed E-state index contributed by atoms with van der Waals surface area (Å²) < 4.78 is 13.4. The maximum Gasteiger partial charge on any atom is 0.326 e. The molecule has 1 heterocycles. The van der Waals surface area contributed by atoms with E-state index in [1.165, 1.54) is 0 Å². The SMILES string of the molecule is O=C(NC(Cc1c[nH]c2ccccc12)C(=O)O)C(Cc1ccc(-c2ccccc2)cc1)CP(=O)(O)CCc1ccccc1. The summed E-state index contributed by atoms with van der Waals surface area (Å²) in [5, 5.41) is 13.6. The highest BCUT2D eigenvalue weighted by Gasteiger charge is 2.32. The minimum Gasteiger partial charge on any atom is -0.480 e. The van der Waals surface area contributed by atoms with E-state index in [9.17, 15) is 24.2 Å². The van der Waals surface area contributed by atoms with Crippen LogP contribution in [0, 0.1) is 5.92 Å². The second kappa shape index (κ2) is 13.7. The van der Waals surface area contributed by atoms with Crippen LogP contribution >= 0.6 is 7.37 Å². The van der Waals surface area contributed by atoms with Gasteiger partial charge >= 0.3 is 5.97 Å². The van der Waals surface area contributed by atoms with Gasteiger partial charge in [0.1, 0.15) is 6.04 Å². The van der Waals surface area contributed by atoms with Crippen LogP contribution < -0.4 is 5.32 Å². The van der Waals surface area contributed by atoms with Gasteiger partial charge in [-0.1, -0.05) is 103 Å². The molecule has 0 spiro atoms. The Bertz CT molecular complexity index is 1720. The van der Waals surface area contributed by atoms with Gasteiger partial charge in [-0.15, -0.1) is 0 Å². The van der Waals surface area contributed by atoms with Gasteiger partial charge in [0, 0.05) is 35.8 Å². The number of para-hydroxylation sites is 1. The zero-order chi connectivity index (χ0) is 30.2. The summed E-state index contributed by atoms with van der Waals surface area (Å²) in [6.45, 7) is 0. The number of hydrogen-bond acceptors (Lipinski definition) is 3. The lowest BCUT2D eigenvalue weighted by atomic mass is 9.96. The first-order chi connectivity index (χ1) is 20.8. The number of aromatic amines is 1. The lowest BCUT2D eigenvalue weighted by Crippen LogP contribution is -2.46. The summed E-state index contributed by atoms with van der Waals surface area (Å²) >= 11 is 0. The summed E-state index contributed by atoms with van der Waals surface area (Å²) in [7, 11) is -3.73. The number of H-pyrrole nitrogens is 1. The van der Waals surface area contributed by atoms with E-state index in [4.69, 9.17) is 0 Å². The molecular formula is C35H35N2O5P. The minimum absolute atomic E-state index is 0.0332. The van der Waals surface area contributed by atoms with Crippen LogP contribution in [-0.2, 0) is 33.4 Å². The van der Waals surface area contributed by atoms with Crippen molar-refractivity contribution in [2.24, 2.45) is 5.92 Å². The second-order valence-electron chi connectivity index (χ2n) is 10.9. The normalized spacial score (nSPS) is 14.1. The number of fused-ring (bicyclic) bond motifs is 1. The Hall–Kier alpha value is -4.45. The van der Waals surface area contributed by atoms with Gasteiger partial charge in [-0.2, -0.15) is 0 Å². The van der Waals surface area contributed by atoms with Crippen molar-refractivity contribution in [2.75, 3.05) is 12.3 Å². The number of rotatable bonds is 13. The number of aromatic nitrogens is 1. The van der Waals surface area contributed by atoms with Crippen LogP contribution in [0.2, 0.25) is 0 Å². The molecule has 0 fully saturated rings. The van der Waals surface area contributed by atoms with Crippen LogP contribution in [0.1, 0.15) is 16.7 Å². The maximum absolute atomic E-state index is 13.7. The summed E-state index contributed by atoms with van der Waals surface area (Å²) in [6.07, 6.45) is 2.23. The molecule has 5 rings (SSSR count). The first-order valence-corrected chi connectivity index (χ1v) is 16.4. The molecule has 0 saturated heterocycles. The lowest BCUT2D eigenvalue weighted by molar-refractivity contribution is -0.142. The molecule has 8 heteroatoms. The smallest absolute Gasteiger partial charge is 0.326 e. The highest BCUT2D eigenvalue weighted by molar-refractivity contribution is 7.58. The van der Waals surface area contributed by atoms with E-state index >= 15 is 0 Å². The molecule has 43 heavy (non-hydrogen) atoms. The number of carbonyl (C=O) groups excluding carboxylic acids is 1. The molecule has 0 aliphatic rings. The largest absolute Gasteiger partial charge is 0.480 e. The summed E-state index contributed by atoms with van der Waals surface area (Å²) in [4.78, 5) is 40.1. The molecular weight excluding hydrogens is 559 g/mol. The van der Waals surface area contributed by atoms with Gasteiger partial charge in [-0.25, -0.2) is 4.79 Å². The molecule has 4 N–H and O–H groups in total. The molecule has 220 valence electrons. The number of carboxylic acid groups (broad SMARTS) is 1. The molecule has 3 atom stereocenters. The fourth-order valence-electron chi connectivity index (χ4n) is 5.38. The lowest BCUT2D eigenvalue weighted by Gasteiger charge is -2.23. The summed E-state index contributed by atoms with van der Waals surface area (Å²) in [6, 6.07) is 33.5. The van der Waals surface area contributed by atoms with E-state index in [0.29, 0.717) is 6.42 Å². The fraction of sp³-hybridized carbons (Fsp3) is 0.200. The van der Waals surface area contributed by atoms with Crippen molar-refractivity contribution in [2.45, 2.75) is 25.3 Å². The molecule has 7 nitrogen and oxygen atoms in total. The highest BCUT2D eigenvalue weighted by Crippen LogP contribution is 2.44. The van der Waals surface area contributed by atoms with Crippen LogP contribution in [0.15, 0.2) is 115 Å². The summed E-state index contributed by atoms with van der Waals surface area (Å²) in [5.74, 6) is -2.60. The number of aliphatic carboxylic acids is 1. The number of nitrogens with one attached hydrogen (secondary N) is 2. The predicted octanol–water partition coefficient (Wildman–Crippen LogP) is 6.32. The number of benzene rings is 4. The zero-order valence-electron chi connectivity index (χ0n) is 23.7. The number of carboxylic acids is 1. The van der Waals surface area contributed by atoms with Crippen LogP contribution in [0.4, 0.5) is 0 Å². The number of hydrogen-bond donors (Lipinski definition) is 4. The first-order valence-electron chi connectivity index (χ1n) is 14.3. The van der Waals surface area contributed by atoms with Crippen molar-refractivity contribution in [1.29, 1.82) is 0 Å². The van der Waals surface area contributed by atoms with Crippen LogP contribution in [0.25, 0.3) is 22.0 Å². The van der Waals surface area contributed by atoms with Gasteiger partial charge in [0.25, 0.3) is 0 Å². The van der Waals surface area contributed by atoms with Gasteiger partial charge in [0.05, 0.1) is 5.92 Å². The van der Waals surface area contributed by atoms with Crippen molar-refractivity contribution in [3.63, 3.8) is 0 Å². The standard InChI is InChI=1S/C35H35N2O5P/c38-34(37-33(35(39)40)22-29-23-36-32-14-8-7-13-31(29)32)30(24-43(41,42)20-19-25-9-3-1-4-10-25)21-26-15-17-28(18-16-26)27-11-5-2-6-12-27/h1-18,23,30,33,36H,19-22,24H2,(H,37,38)(H,39,40)(H,41,42). The molecule has 0 aliphatic heterocycles. The third-order valence-corrected chi connectivity index (χ3v) is 9.66. The van der Waals surface area contributed by atoms with Crippen LogP contribution in [0.3, 0.4) is 0 Å². The van der Waals surface area contributed by atoms with Crippen molar-refractivity contribution in [3.05, 3.63) is 132 Å². The Morgan fingerprint density at radius 3 is 2.09 bits per heavy atom. The van der Waals surface area contributed by atoms with E-state index in [0.717, 1.165) is 38.7 Å². The number of carbonyl (C=O) groups is 2. The van der Waals surface area contributed by atoms with E-state index in [2.05, 4.69) is 10.3 Å². The molecule has 1 amide bonds. The Kier molecular flexibility index (Phi) is 9.55. The second-order valence-corrected chi connectivity index (χ2v) is 13.4. The van der Waals surface area contributed by atoms with Crippen molar-refractivity contribution >= 4 is 30.1 Å². The van der Waals surface area contributed by atoms with E-state index < -0.39 is 31.2 Å². The van der Waals surface area contributed by atoms with Gasteiger partial charge in [0.2, 0.25) is 13.3 Å². The Labute approximate surface area is 251 Å². The van der Waals surface area contributed by atoms with E-state index in [1.807, 2.05) is 109 Å². The average Bonchev–Trinajstić information content (AvgIpc) is 3.43. The Morgan fingerprint density at radius 2 is 1.40 bits per heavy atom. The number of amides is 1. The van der Waals surface area contributed by atoms with Crippen molar-refractivity contribution < 1.29 is 24.2 Å². The van der Waals surface area contributed by atoms with Crippen LogP contribution in [-0.4, -0.2) is 45.2 Å². The highest BCUT2D eigenvalue weighted by atomic mass is 31.2.